The number of aryl methyl sites for hydroxylation is 1. The monoisotopic (exact) mass is 163 g/mol. The van der Waals surface area contributed by atoms with E-state index in [-0.39, 0.29) is 5.78 Å². The van der Waals surface area contributed by atoms with E-state index in [0.717, 1.165) is 5.56 Å². The molecule has 0 aliphatic heterocycles. The van der Waals surface area contributed by atoms with Gasteiger partial charge in [0.2, 0.25) is 0 Å². The molecule has 12 heavy (non-hydrogen) atoms. The molecule has 0 N–H and O–H groups in total. The molecule has 0 saturated heterocycles. The molecule has 3 nitrogen and oxygen atoms in total. The predicted molar refractivity (Wildman–Crippen MR) is 46.6 cm³/mol. The molecule has 62 valence electrons. The van der Waals surface area contributed by atoms with Crippen LogP contribution in [-0.2, 0) is 0 Å². The van der Waals surface area contributed by atoms with Crippen LogP contribution in [0.3, 0.4) is 0 Å². The van der Waals surface area contributed by atoms with Gasteiger partial charge in [-0.05, 0) is 30.7 Å². The van der Waals surface area contributed by atoms with Gasteiger partial charge in [0.15, 0.2) is 5.78 Å². The number of ketones is 1. The molecule has 0 aliphatic rings. The zero-order chi connectivity index (χ0) is 9.14. The summed E-state index contributed by atoms with van der Waals surface area (Å²) in [5.74, 6) is -0.0556. The molecule has 3 heteroatoms. The zero-order valence-corrected chi connectivity index (χ0v) is 7.00. The van der Waals surface area contributed by atoms with E-state index in [1.807, 2.05) is 0 Å². The first kappa shape index (κ1) is 8.59. The quantitative estimate of drug-likeness (QED) is 0.497. The minimum absolute atomic E-state index is 0.0556. The van der Waals surface area contributed by atoms with Gasteiger partial charge in [-0.25, -0.2) is 0 Å². The van der Waals surface area contributed by atoms with Crippen molar-refractivity contribution < 1.29 is 4.79 Å². The number of benzene rings is 1. The SMILES string of the molecule is CC(=O)c1ccc(C)c(N=O)c1. The summed E-state index contributed by atoms with van der Waals surface area (Å²) in [6.45, 7) is 3.24. The number of hydrogen-bond acceptors (Lipinski definition) is 3. The molecule has 0 fully saturated rings. The van der Waals surface area contributed by atoms with Crippen molar-refractivity contribution in [1.82, 2.24) is 0 Å². The largest absolute Gasteiger partial charge is 0.295 e. The Hall–Kier alpha value is -1.51. The van der Waals surface area contributed by atoms with Crippen molar-refractivity contribution in [3.8, 4) is 0 Å². The van der Waals surface area contributed by atoms with Crippen LogP contribution in [0.5, 0.6) is 0 Å². The third-order valence-corrected chi connectivity index (χ3v) is 1.71. The van der Waals surface area contributed by atoms with E-state index < -0.39 is 0 Å². The highest BCUT2D eigenvalue weighted by molar-refractivity contribution is 5.95. The molecule has 1 aromatic carbocycles. The average Bonchev–Trinajstić information content (AvgIpc) is 2.05. The molecule has 0 heterocycles. The van der Waals surface area contributed by atoms with Gasteiger partial charge < -0.3 is 0 Å². The molecule has 0 radical (unpaired) electrons. The van der Waals surface area contributed by atoms with Gasteiger partial charge >= 0.3 is 0 Å². The topological polar surface area (TPSA) is 46.5 Å². The molecule has 1 aromatic rings. The molecule has 0 unspecified atom stereocenters. The minimum atomic E-state index is -0.0556. The Balaban J connectivity index is 3.22. The average molecular weight is 163 g/mol. The van der Waals surface area contributed by atoms with E-state index in [1.54, 1.807) is 19.1 Å². The van der Waals surface area contributed by atoms with Gasteiger partial charge in [-0.2, -0.15) is 0 Å². The highest BCUT2D eigenvalue weighted by Crippen LogP contribution is 2.19. The normalized spacial score (nSPS) is 9.50. The lowest BCUT2D eigenvalue weighted by molar-refractivity contribution is 0.101. The van der Waals surface area contributed by atoms with Crippen molar-refractivity contribution in [3.63, 3.8) is 0 Å². The maximum Gasteiger partial charge on any atom is 0.159 e. The number of Topliss-reactive ketones (excluding diaryl/α,β-unsaturated/α-hetero) is 1. The fraction of sp³-hybridized carbons (Fsp3) is 0.222. The number of carbonyl (C=O) groups excluding carboxylic acids is 1. The molecule has 0 saturated carbocycles. The summed E-state index contributed by atoms with van der Waals surface area (Å²) in [6.07, 6.45) is 0. The Labute approximate surface area is 70.4 Å². The second-order valence-electron chi connectivity index (χ2n) is 2.65. The number of nitrogens with zero attached hydrogens (tertiary/aromatic N) is 1. The lowest BCUT2D eigenvalue weighted by Crippen LogP contribution is -1.91. The van der Waals surface area contributed by atoms with Crippen LogP contribution in [0.15, 0.2) is 23.4 Å². The Morgan fingerprint density at radius 2 is 2.08 bits per heavy atom. The Bertz CT molecular complexity index is 331. The summed E-state index contributed by atoms with van der Waals surface area (Å²) in [7, 11) is 0. The first-order valence-corrected chi connectivity index (χ1v) is 3.60. The van der Waals surface area contributed by atoms with E-state index in [1.165, 1.54) is 13.0 Å². The van der Waals surface area contributed by atoms with Gasteiger partial charge in [0.1, 0.15) is 5.69 Å². The standard InChI is InChI=1S/C9H9NO2/c1-6-3-4-8(7(2)11)5-9(6)10-12/h3-5H,1-2H3. The first-order valence-electron chi connectivity index (χ1n) is 3.60. The zero-order valence-electron chi connectivity index (χ0n) is 7.00. The lowest BCUT2D eigenvalue weighted by Gasteiger charge is -1.98. The van der Waals surface area contributed by atoms with Crippen LogP contribution in [-0.4, -0.2) is 5.78 Å². The minimum Gasteiger partial charge on any atom is -0.295 e. The molecular weight excluding hydrogens is 154 g/mol. The summed E-state index contributed by atoms with van der Waals surface area (Å²) in [5, 5.41) is 2.81. The fourth-order valence-corrected chi connectivity index (χ4v) is 0.927. The van der Waals surface area contributed by atoms with Crippen molar-refractivity contribution in [2.24, 2.45) is 5.18 Å². The molecule has 0 spiro atoms. The molecular formula is C9H9NO2. The maximum atomic E-state index is 10.9. The van der Waals surface area contributed by atoms with Crippen LogP contribution in [0.2, 0.25) is 0 Å². The van der Waals surface area contributed by atoms with Gasteiger partial charge in [-0.3, -0.25) is 4.79 Å². The van der Waals surface area contributed by atoms with E-state index in [9.17, 15) is 9.70 Å². The summed E-state index contributed by atoms with van der Waals surface area (Å²) in [6, 6.07) is 4.91. The number of carbonyl (C=O) groups is 1. The van der Waals surface area contributed by atoms with Crippen LogP contribution < -0.4 is 0 Å². The molecule has 0 amide bonds. The van der Waals surface area contributed by atoms with Crippen molar-refractivity contribution in [3.05, 3.63) is 34.2 Å². The fourth-order valence-electron chi connectivity index (χ4n) is 0.927. The molecule has 0 aliphatic carbocycles. The summed E-state index contributed by atoms with van der Waals surface area (Å²) in [5.41, 5.74) is 1.65. The highest BCUT2D eigenvalue weighted by Gasteiger charge is 2.03. The summed E-state index contributed by atoms with van der Waals surface area (Å²) in [4.78, 5) is 21.1. The summed E-state index contributed by atoms with van der Waals surface area (Å²) >= 11 is 0. The van der Waals surface area contributed by atoms with E-state index in [4.69, 9.17) is 0 Å². The third kappa shape index (κ3) is 1.56. The van der Waals surface area contributed by atoms with Crippen molar-refractivity contribution in [1.29, 1.82) is 0 Å². The summed E-state index contributed by atoms with van der Waals surface area (Å²) < 4.78 is 0. The lowest BCUT2D eigenvalue weighted by atomic mass is 10.1. The number of hydrogen-bond donors (Lipinski definition) is 0. The molecule has 0 aromatic heterocycles. The second-order valence-corrected chi connectivity index (χ2v) is 2.65. The smallest absolute Gasteiger partial charge is 0.159 e. The van der Waals surface area contributed by atoms with E-state index in [0.29, 0.717) is 11.3 Å². The Morgan fingerprint density at radius 1 is 1.42 bits per heavy atom. The Kier molecular flexibility index (Phi) is 2.33. The van der Waals surface area contributed by atoms with Crippen molar-refractivity contribution >= 4 is 11.5 Å². The van der Waals surface area contributed by atoms with Crippen LogP contribution in [0.4, 0.5) is 5.69 Å². The van der Waals surface area contributed by atoms with Crippen LogP contribution in [0, 0.1) is 11.8 Å². The molecule has 0 atom stereocenters. The van der Waals surface area contributed by atoms with Gasteiger partial charge in [0.25, 0.3) is 0 Å². The molecule has 0 bridgehead atoms. The van der Waals surface area contributed by atoms with Gasteiger partial charge in [-0.1, -0.05) is 12.1 Å². The Morgan fingerprint density at radius 3 is 2.58 bits per heavy atom. The maximum absolute atomic E-state index is 10.9. The number of rotatable bonds is 2. The highest BCUT2D eigenvalue weighted by atomic mass is 16.3. The van der Waals surface area contributed by atoms with Gasteiger partial charge in [0, 0.05) is 5.56 Å². The first-order chi connectivity index (χ1) is 5.65. The van der Waals surface area contributed by atoms with Crippen molar-refractivity contribution in [2.45, 2.75) is 13.8 Å². The number of nitroso groups, excluding NO2 is 1. The van der Waals surface area contributed by atoms with Crippen LogP contribution >= 0.6 is 0 Å². The molecule has 1 rings (SSSR count). The van der Waals surface area contributed by atoms with Gasteiger partial charge in [-0.15, -0.1) is 4.91 Å². The third-order valence-electron chi connectivity index (χ3n) is 1.71. The second kappa shape index (κ2) is 3.26. The van der Waals surface area contributed by atoms with Gasteiger partial charge in [0.05, 0.1) is 0 Å². The van der Waals surface area contributed by atoms with E-state index >= 15 is 0 Å². The van der Waals surface area contributed by atoms with E-state index in [2.05, 4.69) is 5.18 Å². The predicted octanol–water partition coefficient (Wildman–Crippen LogP) is 2.60. The van der Waals surface area contributed by atoms with Crippen LogP contribution in [0.1, 0.15) is 22.8 Å². The van der Waals surface area contributed by atoms with Crippen LogP contribution in [0.25, 0.3) is 0 Å². The van der Waals surface area contributed by atoms with Crippen molar-refractivity contribution in [2.75, 3.05) is 0 Å².